The van der Waals surface area contributed by atoms with Gasteiger partial charge in [0.15, 0.2) is 0 Å². The highest BCUT2D eigenvalue weighted by Crippen LogP contribution is 2.17. The SMILES string of the molecule is Cc1csc(/C(C#N)=C/NNC(=O)c2ccc(Cl)cc2)n1. The van der Waals surface area contributed by atoms with Crippen molar-refractivity contribution in [2.75, 3.05) is 0 Å². The van der Waals surface area contributed by atoms with Crippen LogP contribution in [0.15, 0.2) is 35.8 Å². The molecular weight excluding hydrogens is 308 g/mol. The monoisotopic (exact) mass is 318 g/mol. The molecule has 0 saturated carbocycles. The Labute approximate surface area is 130 Å². The lowest BCUT2D eigenvalue weighted by Gasteiger charge is -2.04. The number of halogens is 1. The van der Waals surface area contributed by atoms with E-state index in [1.54, 1.807) is 24.3 Å². The molecule has 1 amide bonds. The molecule has 7 heteroatoms. The summed E-state index contributed by atoms with van der Waals surface area (Å²) in [5, 5.41) is 12.1. The van der Waals surface area contributed by atoms with Gasteiger partial charge in [-0.2, -0.15) is 5.26 Å². The van der Waals surface area contributed by atoms with Gasteiger partial charge < -0.3 is 5.43 Å². The number of allylic oxidation sites excluding steroid dienone is 1. The van der Waals surface area contributed by atoms with Gasteiger partial charge in [-0.1, -0.05) is 11.6 Å². The number of aromatic nitrogens is 1. The van der Waals surface area contributed by atoms with Crippen molar-refractivity contribution in [3.8, 4) is 6.07 Å². The molecule has 2 rings (SSSR count). The minimum absolute atomic E-state index is 0.324. The number of hydrogen-bond acceptors (Lipinski definition) is 5. The summed E-state index contributed by atoms with van der Waals surface area (Å²) < 4.78 is 0. The number of rotatable bonds is 4. The Hall–Kier alpha value is -2.36. The normalized spacial score (nSPS) is 10.8. The van der Waals surface area contributed by atoms with Gasteiger partial charge in [-0.25, -0.2) is 4.98 Å². The molecule has 2 N–H and O–H groups in total. The van der Waals surface area contributed by atoms with Gasteiger partial charge in [0.05, 0.1) is 0 Å². The molecule has 0 fully saturated rings. The van der Waals surface area contributed by atoms with Crippen molar-refractivity contribution in [3.05, 3.63) is 57.1 Å². The van der Waals surface area contributed by atoms with E-state index in [0.717, 1.165) is 5.69 Å². The van der Waals surface area contributed by atoms with Crippen molar-refractivity contribution in [3.63, 3.8) is 0 Å². The minimum Gasteiger partial charge on any atom is -0.304 e. The van der Waals surface area contributed by atoms with E-state index in [-0.39, 0.29) is 5.91 Å². The highest BCUT2D eigenvalue weighted by atomic mass is 35.5. The molecule has 21 heavy (non-hydrogen) atoms. The number of nitrogens with one attached hydrogen (secondary N) is 2. The molecule has 5 nitrogen and oxygen atoms in total. The van der Waals surface area contributed by atoms with Crippen LogP contribution in [0.5, 0.6) is 0 Å². The molecule has 0 aliphatic rings. The molecule has 106 valence electrons. The molecular formula is C14H11ClN4OS. The first-order valence-corrected chi connectivity index (χ1v) is 7.20. The Morgan fingerprint density at radius 2 is 2.14 bits per heavy atom. The Kier molecular flexibility index (Phi) is 4.93. The molecule has 0 spiro atoms. The number of hydrazine groups is 1. The largest absolute Gasteiger partial charge is 0.304 e. The number of nitrogens with zero attached hydrogens (tertiary/aromatic N) is 2. The van der Waals surface area contributed by atoms with Crippen LogP contribution in [-0.4, -0.2) is 10.9 Å². The van der Waals surface area contributed by atoms with Crippen LogP contribution in [0.2, 0.25) is 5.02 Å². The maximum absolute atomic E-state index is 11.8. The van der Waals surface area contributed by atoms with Gasteiger partial charge >= 0.3 is 0 Å². The van der Waals surface area contributed by atoms with Crippen molar-refractivity contribution in [2.24, 2.45) is 0 Å². The number of carbonyl (C=O) groups is 1. The second-order valence-corrected chi connectivity index (χ2v) is 5.36. The summed E-state index contributed by atoms with van der Waals surface area (Å²) in [5.41, 5.74) is 6.75. The number of nitriles is 1. The lowest BCUT2D eigenvalue weighted by atomic mass is 10.2. The third-order valence-electron chi connectivity index (χ3n) is 2.48. The molecule has 2 aromatic rings. The first-order chi connectivity index (χ1) is 10.1. The third-order valence-corrected chi connectivity index (χ3v) is 3.72. The lowest BCUT2D eigenvalue weighted by molar-refractivity contribution is 0.0941. The average molecular weight is 319 g/mol. The molecule has 0 unspecified atom stereocenters. The molecule has 0 radical (unpaired) electrons. The summed E-state index contributed by atoms with van der Waals surface area (Å²) in [6.07, 6.45) is 1.41. The van der Waals surface area contributed by atoms with Crippen LogP contribution in [0, 0.1) is 18.3 Å². The van der Waals surface area contributed by atoms with Crippen molar-refractivity contribution in [1.82, 2.24) is 15.8 Å². The smallest absolute Gasteiger partial charge is 0.269 e. The summed E-state index contributed by atoms with van der Waals surface area (Å²) in [6.45, 7) is 1.85. The van der Waals surface area contributed by atoms with Gasteiger partial charge in [0.1, 0.15) is 16.6 Å². The summed E-state index contributed by atoms with van der Waals surface area (Å²) in [7, 11) is 0. The topological polar surface area (TPSA) is 77.8 Å². The van der Waals surface area contributed by atoms with E-state index < -0.39 is 0 Å². The molecule has 1 heterocycles. The third kappa shape index (κ3) is 4.05. The Morgan fingerprint density at radius 3 is 2.71 bits per heavy atom. The Morgan fingerprint density at radius 1 is 1.43 bits per heavy atom. The molecule has 1 aromatic carbocycles. The highest BCUT2D eigenvalue weighted by molar-refractivity contribution is 7.10. The van der Waals surface area contributed by atoms with Gasteiger partial charge in [-0.05, 0) is 31.2 Å². The van der Waals surface area contributed by atoms with Crippen molar-refractivity contribution in [2.45, 2.75) is 6.92 Å². The van der Waals surface area contributed by atoms with E-state index in [1.165, 1.54) is 17.5 Å². The first kappa shape index (κ1) is 15.0. The number of aryl methyl sites for hydroxylation is 1. The van der Waals surface area contributed by atoms with Crippen LogP contribution < -0.4 is 10.9 Å². The molecule has 1 aromatic heterocycles. The molecule has 0 saturated heterocycles. The minimum atomic E-state index is -0.324. The zero-order chi connectivity index (χ0) is 15.2. The van der Waals surface area contributed by atoms with Crippen LogP contribution in [0.25, 0.3) is 5.57 Å². The quantitative estimate of drug-likeness (QED) is 0.671. The van der Waals surface area contributed by atoms with Gasteiger partial charge in [-0.15, -0.1) is 11.3 Å². The summed E-state index contributed by atoms with van der Waals surface area (Å²) in [4.78, 5) is 16.0. The van der Waals surface area contributed by atoms with Gasteiger partial charge in [-0.3, -0.25) is 10.2 Å². The van der Waals surface area contributed by atoms with E-state index >= 15 is 0 Å². The van der Waals surface area contributed by atoms with Crippen LogP contribution in [-0.2, 0) is 0 Å². The zero-order valence-electron chi connectivity index (χ0n) is 11.1. The second kappa shape index (κ2) is 6.88. The van der Waals surface area contributed by atoms with Gasteiger partial charge in [0.25, 0.3) is 5.91 Å². The number of hydrogen-bond donors (Lipinski definition) is 2. The van der Waals surface area contributed by atoms with E-state index in [0.29, 0.717) is 21.2 Å². The molecule has 0 bridgehead atoms. The first-order valence-electron chi connectivity index (χ1n) is 5.94. The van der Waals surface area contributed by atoms with Crippen LogP contribution in [0.4, 0.5) is 0 Å². The molecule has 0 aliphatic heterocycles. The second-order valence-electron chi connectivity index (χ2n) is 4.07. The number of amides is 1. The maximum Gasteiger partial charge on any atom is 0.269 e. The average Bonchev–Trinajstić information content (AvgIpc) is 2.90. The fraction of sp³-hybridized carbons (Fsp3) is 0.0714. The lowest BCUT2D eigenvalue weighted by Crippen LogP contribution is -2.33. The zero-order valence-corrected chi connectivity index (χ0v) is 12.6. The van der Waals surface area contributed by atoms with Gasteiger partial charge in [0, 0.05) is 27.9 Å². The van der Waals surface area contributed by atoms with Crippen molar-refractivity contribution in [1.29, 1.82) is 5.26 Å². The van der Waals surface area contributed by atoms with E-state index in [1.807, 2.05) is 18.4 Å². The van der Waals surface area contributed by atoms with Crippen LogP contribution in [0.1, 0.15) is 21.1 Å². The maximum atomic E-state index is 11.8. The number of carbonyl (C=O) groups excluding carboxylic acids is 1. The molecule has 0 aliphatic carbocycles. The Bertz CT molecular complexity index is 715. The van der Waals surface area contributed by atoms with Crippen LogP contribution >= 0.6 is 22.9 Å². The van der Waals surface area contributed by atoms with E-state index in [4.69, 9.17) is 16.9 Å². The summed E-state index contributed by atoms with van der Waals surface area (Å²) in [5.74, 6) is -0.324. The van der Waals surface area contributed by atoms with Crippen LogP contribution in [0.3, 0.4) is 0 Å². The molecule has 0 atom stereocenters. The summed E-state index contributed by atoms with van der Waals surface area (Å²) in [6, 6.07) is 8.51. The van der Waals surface area contributed by atoms with E-state index in [9.17, 15) is 4.79 Å². The number of thiazole rings is 1. The summed E-state index contributed by atoms with van der Waals surface area (Å²) >= 11 is 7.12. The van der Waals surface area contributed by atoms with E-state index in [2.05, 4.69) is 15.8 Å². The van der Waals surface area contributed by atoms with Crippen molar-refractivity contribution >= 4 is 34.4 Å². The predicted octanol–water partition coefficient (Wildman–Crippen LogP) is 2.90. The predicted molar refractivity (Wildman–Crippen MR) is 82.5 cm³/mol. The number of benzene rings is 1. The standard InChI is InChI=1S/C14H11ClN4OS/c1-9-8-21-14(18-9)11(6-16)7-17-19-13(20)10-2-4-12(15)5-3-10/h2-5,7-8,17H,1H3,(H,19,20)/b11-7+. The van der Waals surface area contributed by atoms with Crippen molar-refractivity contribution < 1.29 is 4.79 Å². The fourth-order valence-electron chi connectivity index (χ4n) is 1.47. The fourth-order valence-corrected chi connectivity index (χ4v) is 2.36. The Balaban J connectivity index is 1.99. The van der Waals surface area contributed by atoms with Gasteiger partial charge in [0.2, 0.25) is 0 Å². The highest BCUT2D eigenvalue weighted by Gasteiger charge is 2.06.